The first kappa shape index (κ1) is 8.33. The Morgan fingerprint density at radius 2 is 1.25 bits per heavy atom. The van der Waals surface area contributed by atoms with Gasteiger partial charge in [-0.25, -0.2) is 0 Å². The second-order valence-corrected chi connectivity index (χ2v) is 4.67. The average molecular weight is 214 g/mol. The highest BCUT2D eigenvalue weighted by atomic mass is 15.8. The molecule has 0 aromatic carbocycles. The molecule has 4 aliphatic heterocycles. The van der Waals surface area contributed by atoms with Gasteiger partial charge in [-0.1, -0.05) is 0 Å². The van der Waals surface area contributed by atoms with Gasteiger partial charge in [0.05, 0.1) is 11.4 Å². The van der Waals surface area contributed by atoms with E-state index in [9.17, 15) is 0 Å². The van der Waals surface area contributed by atoms with Crippen LogP contribution in [0.4, 0.5) is 0 Å². The molecular formula is C12H14N4. The molecule has 0 aromatic heterocycles. The van der Waals surface area contributed by atoms with Gasteiger partial charge in [0, 0.05) is 26.5 Å². The number of hydrogen-bond donors (Lipinski definition) is 0. The van der Waals surface area contributed by atoms with Gasteiger partial charge < -0.3 is 9.80 Å². The monoisotopic (exact) mass is 214 g/mol. The van der Waals surface area contributed by atoms with E-state index in [2.05, 4.69) is 70.6 Å². The minimum atomic E-state index is 0.339. The van der Waals surface area contributed by atoms with Gasteiger partial charge >= 0.3 is 0 Å². The van der Waals surface area contributed by atoms with E-state index in [4.69, 9.17) is 0 Å². The zero-order chi connectivity index (χ0) is 10.9. The molecule has 4 aliphatic rings. The molecule has 0 saturated heterocycles. The first-order valence-corrected chi connectivity index (χ1v) is 5.58. The third-order valence-corrected chi connectivity index (χ3v) is 3.65. The maximum absolute atomic E-state index is 2.36. The average Bonchev–Trinajstić information content (AvgIpc) is 2.76. The zero-order valence-corrected chi connectivity index (χ0v) is 9.41. The van der Waals surface area contributed by atoms with E-state index in [-0.39, 0.29) is 0 Å². The minimum absolute atomic E-state index is 0.339. The molecule has 0 fully saturated rings. The summed E-state index contributed by atoms with van der Waals surface area (Å²) in [6.45, 7) is 0. The van der Waals surface area contributed by atoms with Crippen LogP contribution in [0.15, 0.2) is 48.1 Å². The van der Waals surface area contributed by atoms with Crippen molar-refractivity contribution < 1.29 is 0 Å². The van der Waals surface area contributed by atoms with Crippen LogP contribution in [-0.2, 0) is 0 Å². The van der Waals surface area contributed by atoms with Gasteiger partial charge in [0.2, 0.25) is 0 Å². The van der Waals surface area contributed by atoms with Crippen molar-refractivity contribution >= 4 is 0 Å². The van der Waals surface area contributed by atoms with Crippen LogP contribution in [0.1, 0.15) is 0 Å². The van der Waals surface area contributed by atoms with Crippen molar-refractivity contribution in [3.8, 4) is 0 Å². The summed E-state index contributed by atoms with van der Waals surface area (Å²) < 4.78 is 0. The molecule has 2 atom stereocenters. The molecule has 0 aliphatic carbocycles. The van der Waals surface area contributed by atoms with Crippen LogP contribution in [0.2, 0.25) is 0 Å². The fourth-order valence-electron chi connectivity index (χ4n) is 2.89. The summed E-state index contributed by atoms with van der Waals surface area (Å²) in [4.78, 5) is 4.49. The van der Waals surface area contributed by atoms with Gasteiger partial charge in [-0.3, -0.25) is 10.0 Å². The topological polar surface area (TPSA) is 13.0 Å². The molecule has 0 saturated carbocycles. The molecule has 4 nitrogen and oxygen atoms in total. The molecule has 4 heteroatoms. The summed E-state index contributed by atoms with van der Waals surface area (Å²) in [6, 6.07) is 0. The first-order valence-electron chi connectivity index (χ1n) is 5.58. The molecule has 0 N–H and O–H groups in total. The van der Waals surface area contributed by atoms with Crippen LogP contribution >= 0.6 is 0 Å². The van der Waals surface area contributed by atoms with Crippen LogP contribution in [-0.4, -0.2) is 46.2 Å². The van der Waals surface area contributed by atoms with E-state index in [0.29, 0.717) is 12.3 Å². The van der Waals surface area contributed by atoms with Crippen LogP contribution in [0.3, 0.4) is 0 Å². The first-order chi connectivity index (χ1) is 7.75. The maximum atomic E-state index is 2.36. The molecule has 2 unspecified atom stereocenters. The van der Waals surface area contributed by atoms with Gasteiger partial charge in [-0.2, -0.15) is 0 Å². The SMILES string of the molecule is CN1C=C2C=CC3=CN(C)C4C=CC1N2N34. The predicted octanol–water partition coefficient (Wildman–Crippen LogP) is 0.871. The van der Waals surface area contributed by atoms with E-state index in [1.165, 1.54) is 11.4 Å². The Morgan fingerprint density at radius 1 is 0.812 bits per heavy atom. The highest BCUT2D eigenvalue weighted by Crippen LogP contribution is 2.40. The molecule has 82 valence electrons. The number of hydrazine groups is 1. The third-order valence-electron chi connectivity index (χ3n) is 3.65. The summed E-state index contributed by atoms with van der Waals surface area (Å²) in [7, 11) is 4.25. The summed E-state index contributed by atoms with van der Waals surface area (Å²) >= 11 is 0. The summed E-state index contributed by atoms with van der Waals surface area (Å²) in [6.07, 6.45) is 14.0. The number of nitrogens with zero attached hydrogens (tertiary/aromatic N) is 4. The Morgan fingerprint density at radius 3 is 1.69 bits per heavy atom. The van der Waals surface area contributed by atoms with Gasteiger partial charge in [-0.05, 0) is 24.3 Å². The van der Waals surface area contributed by atoms with Crippen molar-refractivity contribution in [1.82, 2.24) is 19.8 Å². The Bertz CT molecular complexity index is 431. The number of rotatable bonds is 0. The van der Waals surface area contributed by atoms with Crippen molar-refractivity contribution in [2.24, 2.45) is 0 Å². The lowest BCUT2D eigenvalue weighted by Crippen LogP contribution is -2.55. The largest absolute Gasteiger partial charge is 0.354 e. The van der Waals surface area contributed by atoms with E-state index < -0.39 is 0 Å². The van der Waals surface area contributed by atoms with Gasteiger partial charge in [0.1, 0.15) is 12.3 Å². The molecule has 0 radical (unpaired) electrons. The molecular weight excluding hydrogens is 200 g/mol. The predicted molar refractivity (Wildman–Crippen MR) is 61.2 cm³/mol. The third kappa shape index (κ3) is 0.777. The molecule has 0 amide bonds. The highest BCUT2D eigenvalue weighted by Gasteiger charge is 2.43. The van der Waals surface area contributed by atoms with E-state index in [0.717, 1.165) is 0 Å². The van der Waals surface area contributed by atoms with Crippen LogP contribution < -0.4 is 0 Å². The van der Waals surface area contributed by atoms with E-state index >= 15 is 0 Å². The lowest BCUT2D eigenvalue weighted by atomic mass is 10.2. The van der Waals surface area contributed by atoms with Crippen molar-refractivity contribution in [3.05, 3.63) is 48.1 Å². The standard InChI is InChI=1S/C12H14N4/c1-13-7-9-3-4-10-8-14(2)12-6-5-11(13)15(9)16(10)12/h3-8,11-12H,1-2H3. The van der Waals surface area contributed by atoms with E-state index in [1.54, 1.807) is 0 Å². The quantitative estimate of drug-likeness (QED) is 0.555. The van der Waals surface area contributed by atoms with Crippen molar-refractivity contribution in [2.75, 3.05) is 14.1 Å². The molecule has 16 heavy (non-hydrogen) atoms. The van der Waals surface area contributed by atoms with Crippen LogP contribution in [0, 0.1) is 0 Å². The molecule has 0 bridgehead atoms. The molecule has 0 aromatic rings. The zero-order valence-electron chi connectivity index (χ0n) is 9.41. The number of likely N-dealkylation sites (N-methyl/N-ethyl adjacent to an activating group) is 2. The van der Waals surface area contributed by atoms with Crippen molar-refractivity contribution in [2.45, 2.75) is 12.3 Å². The Balaban J connectivity index is 1.91. The molecule has 4 heterocycles. The molecule has 4 rings (SSSR count). The fourth-order valence-corrected chi connectivity index (χ4v) is 2.89. The van der Waals surface area contributed by atoms with Gasteiger partial charge in [-0.15, -0.1) is 0 Å². The second kappa shape index (κ2) is 2.45. The minimum Gasteiger partial charge on any atom is -0.354 e. The summed E-state index contributed by atoms with van der Waals surface area (Å²) in [5.41, 5.74) is 2.55. The van der Waals surface area contributed by atoms with Gasteiger partial charge in [0.15, 0.2) is 0 Å². The van der Waals surface area contributed by atoms with Crippen molar-refractivity contribution in [1.29, 1.82) is 0 Å². The van der Waals surface area contributed by atoms with Crippen LogP contribution in [0.25, 0.3) is 0 Å². The Hall–Kier alpha value is -1.84. The lowest BCUT2D eigenvalue weighted by molar-refractivity contribution is -0.0447. The Kier molecular flexibility index (Phi) is 1.28. The number of allylic oxidation sites excluding steroid dienone is 2. The van der Waals surface area contributed by atoms with Crippen LogP contribution in [0.5, 0.6) is 0 Å². The Labute approximate surface area is 95.0 Å². The van der Waals surface area contributed by atoms with Gasteiger partial charge in [0.25, 0.3) is 0 Å². The van der Waals surface area contributed by atoms with E-state index in [1.807, 2.05) is 0 Å². The molecule has 0 spiro atoms. The maximum Gasteiger partial charge on any atom is 0.140 e. The second-order valence-electron chi connectivity index (χ2n) is 4.67. The lowest BCUT2D eigenvalue weighted by Gasteiger charge is -2.46. The fraction of sp³-hybridized carbons (Fsp3) is 0.333. The smallest absolute Gasteiger partial charge is 0.140 e. The summed E-state index contributed by atoms with van der Waals surface area (Å²) in [5, 5.41) is 4.72. The number of hydrogen-bond acceptors (Lipinski definition) is 4. The highest BCUT2D eigenvalue weighted by molar-refractivity contribution is 5.39. The van der Waals surface area contributed by atoms with Crippen molar-refractivity contribution in [3.63, 3.8) is 0 Å². The summed E-state index contributed by atoms with van der Waals surface area (Å²) in [5.74, 6) is 0. The normalized spacial score (nSPS) is 33.4.